The van der Waals surface area contributed by atoms with E-state index in [4.69, 9.17) is 14.3 Å². The number of rotatable bonds is 5. The fourth-order valence-electron chi connectivity index (χ4n) is 4.69. The summed E-state index contributed by atoms with van der Waals surface area (Å²) in [5.41, 5.74) is 1.67. The van der Waals surface area contributed by atoms with Gasteiger partial charge in [-0.05, 0) is 67.8 Å². The molecule has 1 aliphatic carbocycles. The summed E-state index contributed by atoms with van der Waals surface area (Å²) in [6.07, 6.45) is 7.36. The van der Waals surface area contributed by atoms with Crippen molar-refractivity contribution in [3.05, 3.63) is 83.4 Å². The summed E-state index contributed by atoms with van der Waals surface area (Å²) < 4.78 is 27.5. The highest BCUT2D eigenvalue weighted by atomic mass is 19.1. The van der Waals surface area contributed by atoms with E-state index in [1.165, 1.54) is 12.1 Å². The van der Waals surface area contributed by atoms with Gasteiger partial charge in [0, 0.05) is 11.8 Å². The van der Waals surface area contributed by atoms with E-state index in [1.54, 1.807) is 25.6 Å². The van der Waals surface area contributed by atoms with Gasteiger partial charge in [0.1, 0.15) is 23.8 Å². The molecular weight excluding hydrogens is 451 g/mol. The fraction of sp³-hybridized carbons (Fsp3) is 0.308. The minimum absolute atomic E-state index is 0.345. The summed E-state index contributed by atoms with van der Waals surface area (Å²) in [7, 11) is 1.63. The Labute approximate surface area is 201 Å². The summed E-state index contributed by atoms with van der Waals surface area (Å²) >= 11 is 0. The Bertz CT molecular complexity index is 1350. The Morgan fingerprint density at radius 1 is 1.20 bits per heavy atom. The molecule has 1 N–H and O–H groups in total. The summed E-state index contributed by atoms with van der Waals surface area (Å²) in [6.45, 7) is 2.11. The molecule has 1 atom stereocenters. The summed E-state index contributed by atoms with van der Waals surface area (Å²) in [5, 5.41) is 14.7. The van der Waals surface area contributed by atoms with Crippen molar-refractivity contribution in [2.24, 2.45) is 5.16 Å². The molecule has 2 aliphatic heterocycles. The predicted molar refractivity (Wildman–Crippen MR) is 126 cm³/mol. The molecule has 0 bridgehead atoms. The Balaban J connectivity index is 1.38. The first-order chi connectivity index (χ1) is 16.9. The number of amidine groups is 1. The number of methoxy groups -OCH3 is 1. The first kappa shape index (κ1) is 21.7. The molecule has 1 saturated heterocycles. The molecule has 1 spiro atoms. The number of ether oxygens (including phenoxy) is 2. The molecule has 3 aromatic rings. The third-order valence-electron chi connectivity index (χ3n) is 6.78. The van der Waals surface area contributed by atoms with E-state index >= 15 is 0 Å². The molecule has 1 saturated carbocycles. The maximum Gasteiger partial charge on any atom is 0.260 e. The van der Waals surface area contributed by atoms with Crippen molar-refractivity contribution in [2.45, 2.75) is 31.1 Å². The van der Waals surface area contributed by atoms with E-state index in [0.717, 1.165) is 29.8 Å². The lowest BCUT2D eigenvalue weighted by Crippen LogP contribution is -2.56. The highest BCUT2D eigenvalue weighted by Crippen LogP contribution is 2.50. The molecule has 2 aromatic carbocycles. The average molecular weight is 477 g/mol. The van der Waals surface area contributed by atoms with Gasteiger partial charge in [0.15, 0.2) is 5.76 Å². The second-order valence-electron chi connectivity index (χ2n) is 9.19. The number of imidazole rings is 1. The molecule has 3 heterocycles. The molecule has 3 aliphatic rings. The van der Waals surface area contributed by atoms with Gasteiger partial charge in [-0.25, -0.2) is 9.37 Å². The smallest absolute Gasteiger partial charge is 0.260 e. The molecule has 35 heavy (non-hydrogen) atoms. The monoisotopic (exact) mass is 476 g/mol. The van der Waals surface area contributed by atoms with Gasteiger partial charge < -0.3 is 28.9 Å². The third kappa shape index (κ3) is 3.54. The topological polar surface area (TPSA) is 81.3 Å². The zero-order valence-electron chi connectivity index (χ0n) is 19.4. The van der Waals surface area contributed by atoms with Crippen LogP contribution in [0.3, 0.4) is 0 Å². The van der Waals surface area contributed by atoms with Gasteiger partial charge >= 0.3 is 0 Å². The van der Waals surface area contributed by atoms with E-state index in [-0.39, 0.29) is 18.0 Å². The summed E-state index contributed by atoms with van der Waals surface area (Å²) in [5.74, 6) is 1.38. The lowest BCUT2D eigenvalue weighted by molar-refractivity contribution is -0.149. The van der Waals surface area contributed by atoms with Gasteiger partial charge in [-0.15, -0.1) is 0 Å². The molecule has 0 amide bonds. The standard InChI is InChI=1S/C26H25FN4O4/c1-17-13-30(16-28-17)21-8-3-18(11-22(21)33-2)12-23-24-29-35-26(15-32,19-4-6-20(27)7-5-19)31(24)14-25(34-23)9-10-25/h3-8,11-13,16,32H,9-10,14-15H2,1-2H3. The highest BCUT2D eigenvalue weighted by Gasteiger charge is 2.59. The van der Waals surface area contributed by atoms with Crippen LogP contribution < -0.4 is 4.74 Å². The number of aliphatic hydroxyl groups is 1. The SMILES string of the molecule is COc1cc(C=C2OC3(CC3)CN3C2=NOC3(CO)c2ccc(F)cc2)ccc1-n1cnc(C)c1. The van der Waals surface area contributed by atoms with Gasteiger partial charge in [0.2, 0.25) is 5.84 Å². The van der Waals surface area contributed by atoms with Crippen LogP contribution in [0.15, 0.2) is 65.9 Å². The zero-order chi connectivity index (χ0) is 24.2. The van der Waals surface area contributed by atoms with Crippen molar-refractivity contribution in [3.63, 3.8) is 0 Å². The number of morpholine rings is 1. The van der Waals surface area contributed by atoms with E-state index in [0.29, 0.717) is 29.5 Å². The maximum absolute atomic E-state index is 13.6. The van der Waals surface area contributed by atoms with Crippen molar-refractivity contribution < 1.29 is 23.8 Å². The molecule has 2 fully saturated rings. The molecule has 0 radical (unpaired) electrons. The van der Waals surface area contributed by atoms with Crippen LogP contribution in [0.1, 0.15) is 29.7 Å². The van der Waals surface area contributed by atoms with Crippen LogP contribution in [0.4, 0.5) is 4.39 Å². The quantitative estimate of drug-likeness (QED) is 0.605. The number of hydrogen-bond acceptors (Lipinski definition) is 7. The highest BCUT2D eigenvalue weighted by molar-refractivity contribution is 6.02. The lowest BCUT2D eigenvalue weighted by Gasteiger charge is -2.42. The van der Waals surface area contributed by atoms with Gasteiger partial charge in [-0.2, -0.15) is 0 Å². The number of oxime groups is 1. The Kier molecular flexibility index (Phi) is 4.86. The number of aromatic nitrogens is 2. The van der Waals surface area contributed by atoms with Crippen molar-refractivity contribution in [1.82, 2.24) is 14.5 Å². The number of nitrogens with zero attached hydrogens (tertiary/aromatic N) is 4. The molecule has 1 aromatic heterocycles. The van der Waals surface area contributed by atoms with E-state index < -0.39 is 5.72 Å². The minimum atomic E-state index is -1.23. The molecule has 8 nitrogen and oxygen atoms in total. The first-order valence-electron chi connectivity index (χ1n) is 11.5. The fourth-order valence-corrected chi connectivity index (χ4v) is 4.69. The van der Waals surface area contributed by atoms with Crippen molar-refractivity contribution >= 4 is 11.9 Å². The largest absolute Gasteiger partial charge is 0.495 e. The van der Waals surface area contributed by atoms with Crippen LogP contribution in [0, 0.1) is 12.7 Å². The van der Waals surface area contributed by atoms with Crippen LogP contribution in [-0.4, -0.2) is 51.3 Å². The second kappa shape index (κ2) is 7.84. The van der Waals surface area contributed by atoms with Crippen LogP contribution in [0.25, 0.3) is 11.8 Å². The van der Waals surface area contributed by atoms with Crippen molar-refractivity contribution in [1.29, 1.82) is 0 Å². The van der Waals surface area contributed by atoms with Crippen molar-refractivity contribution in [2.75, 3.05) is 20.3 Å². The minimum Gasteiger partial charge on any atom is -0.495 e. The van der Waals surface area contributed by atoms with E-state index in [1.807, 2.05) is 46.9 Å². The van der Waals surface area contributed by atoms with E-state index in [2.05, 4.69) is 10.1 Å². The number of aryl methyl sites for hydroxylation is 1. The normalized spacial score (nSPS) is 23.0. The Hall–Kier alpha value is -3.85. The lowest BCUT2D eigenvalue weighted by atomic mass is 9.99. The summed E-state index contributed by atoms with van der Waals surface area (Å²) in [6, 6.07) is 11.8. The maximum atomic E-state index is 13.6. The Morgan fingerprint density at radius 3 is 2.66 bits per heavy atom. The number of benzene rings is 2. The predicted octanol–water partition coefficient (Wildman–Crippen LogP) is 3.72. The van der Waals surface area contributed by atoms with Gasteiger partial charge in [-0.1, -0.05) is 11.2 Å². The summed E-state index contributed by atoms with van der Waals surface area (Å²) in [4.78, 5) is 12.1. The molecule has 9 heteroatoms. The molecule has 180 valence electrons. The van der Waals surface area contributed by atoms with Gasteiger partial charge in [0.05, 0.1) is 31.4 Å². The molecule has 1 unspecified atom stereocenters. The Morgan fingerprint density at radius 2 is 2.00 bits per heavy atom. The van der Waals surface area contributed by atoms with Crippen molar-refractivity contribution in [3.8, 4) is 11.4 Å². The molecular formula is C26H25FN4O4. The van der Waals surface area contributed by atoms with Crippen LogP contribution in [0.5, 0.6) is 5.75 Å². The third-order valence-corrected chi connectivity index (χ3v) is 6.78. The van der Waals surface area contributed by atoms with Crippen LogP contribution in [-0.2, 0) is 15.3 Å². The van der Waals surface area contributed by atoms with Crippen LogP contribution in [0.2, 0.25) is 0 Å². The second-order valence-corrected chi connectivity index (χ2v) is 9.19. The number of halogens is 1. The number of aliphatic hydroxyl groups excluding tert-OH is 1. The van der Waals surface area contributed by atoms with E-state index in [9.17, 15) is 9.50 Å². The first-order valence-corrected chi connectivity index (χ1v) is 11.5. The zero-order valence-corrected chi connectivity index (χ0v) is 19.4. The van der Waals surface area contributed by atoms with Gasteiger partial charge in [0.25, 0.3) is 5.72 Å². The number of hydrogen-bond donors (Lipinski definition) is 1. The average Bonchev–Trinajstić information content (AvgIpc) is 3.28. The molecule has 6 rings (SSSR count). The van der Waals surface area contributed by atoms with Gasteiger partial charge in [-0.3, -0.25) is 0 Å². The number of fused-ring (bicyclic) bond motifs is 1. The van der Waals surface area contributed by atoms with Crippen LogP contribution >= 0.6 is 0 Å².